The maximum Gasteiger partial charge on any atom is 0.0744 e. The Morgan fingerprint density at radius 1 is 1.06 bits per heavy atom. The number of nitrogens with two attached hydrogens (primary N) is 1. The van der Waals surface area contributed by atoms with Crippen molar-refractivity contribution >= 4 is 28.7 Å². The number of rotatable bonds is 2. The molecule has 0 aliphatic heterocycles. The van der Waals surface area contributed by atoms with Crippen molar-refractivity contribution in [1.29, 1.82) is 0 Å². The molecule has 3 heteroatoms. The molecule has 0 heterocycles. The normalized spacial score (nSPS) is 10.3. The lowest BCUT2D eigenvalue weighted by atomic mass is 10.2. The van der Waals surface area contributed by atoms with Crippen molar-refractivity contribution in [1.82, 2.24) is 0 Å². The summed E-state index contributed by atoms with van der Waals surface area (Å²) < 4.78 is 0. The van der Waals surface area contributed by atoms with Crippen LogP contribution in [0.15, 0.2) is 42.5 Å². The fourth-order valence-corrected chi connectivity index (χ4v) is 1.90. The van der Waals surface area contributed by atoms with Gasteiger partial charge in [0.05, 0.1) is 16.4 Å². The first-order valence-corrected chi connectivity index (χ1v) is 5.82. The van der Waals surface area contributed by atoms with Crippen LogP contribution in [0.3, 0.4) is 0 Å². The molecule has 0 fully saturated rings. The Balaban J connectivity index is 2.40. The molecule has 0 unspecified atom stereocenters. The van der Waals surface area contributed by atoms with Crippen molar-refractivity contribution in [2.24, 2.45) is 0 Å². The second-order valence-electron chi connectivity index (χ2n) is 4.07. The molecular weight excluding hydrogens is 232 g/mol. The molecule has 2 N–H and O–H groups in total. The SMILES string of the molecule is Cc1ccc(N(C)c2cccc(Cl)c2N)cc1. The highest BCUT2D eigenvalue weighted by Gasteiger charge is 2.09. The van der Waals surface area contributed by atoms with Crippen LogP contribution < -0.4 is 10.6 Å². The lowest BCUT2D eigenvalue weighted by molar-refractivity contribution is 1.21. The second-order valence-corrected chi connectivity index (χ2v) is 4.47. The van der Waals surface area contributed by atoms with Crippen LogP contribution in [0.5, 0.6) is 0 Å². The summed E-state index contributed by atoms with van der Waals surface area (Å²) in [5.41, 5.74) is 9.83. The zero-order chi connectivity index (χ0) is 12.4. The van der Waals surface area contributed by atoms with Crippen LogP contribution in [-0.4, -0.2) is 7.05 Å². The molecule has 2 nitrogen and oxygen atoms in total. The van der Waals surface area contributed by atoms with Gasteiger partial charge in [0.2, 0.25) is 0 Å². The summed E-state index contributed by atoms with van der Waals surface area (Å²) in [5, 5.41) is 0.585. The fourth-order valence-electron chi connectivity index (χ4n) is 1.73. The van der Waals surface area contributed by atoms with Crippen molar-refractivity contribution in [3.63, 3.8) is 0 Å². The quantitative estimate of drug-likeness (QED) is 0.812. The highest BCUT2D eigenvalue weighted by molar-refractivity contribution is 6.33. The number of para-hydroxylation sites is 1. The highest BCUT2D eigenvalue weighted by Crippen LogP contribution is 2.33. The Morgan fingerprint density at radius 3 is 2.35 bits per heavy atom. The smallest absolute Gasteiger partial charge is 0.0744 e. The lowest BCUT2D eigenvalue weighted by Crippen LogP contribution is -2.11. The number of anilines is 3. The molecule has 0 aromatic heterocycles. The van der Waals surface area contributed by atoms with Crippen LogP contribution in [0.2, 0.25) is 5.02 Å². The fraction of sp³-hybridized carbons (Fsp3) is 0.143. The van der Waals surface area contributed by atoms with E-state index in [2.05, 4.69) is 31.2 Å². The molecule has 0 radical (unpaired) electrons. The number of nitrogen functional groups attached to an aromatic ring is 1. The van der Waals surface area contributed by atoms with Gasteiger partial charge in [-0.1, -0.05) is 35.4 Å². The van der Waals surface area contributed by atoms with E-state index in [1.807, 2.05) is 24.1 Å². The van der Waals surface area contributed by atoms with Crippen LogP contribution in [0.1, 0.15) is 5.56 Å². The first-order chi connectivity index (χ1) is 8.09. The Bertz CT molecular complexity index is 520. The van der Waals surface area contributed by atoms with Gasteiger partial charge < -0.3 is 10.6 Å². The number of halogens is 1. The Hall–Kier alpha value is -1.67. The standard InChI is InChI=1S/C14H15ClN2/c1-10-6-8-11(9-7-10)17(2)13-5-3-4-12(15)14(13)16/h3-9H,16H2,1-2H3. The summed E-state index contributed by atoms with van der Waals surface area (Å²) in [4.78, 5) is 2.03. The second kappa shape index (κ2) is 4.68. The number of nitrogens with zero attached hydrogens (tertiary/aromatic N) is 1. The van der Waals surface area contributed by atoms with E-state index in [9.17, 15) is 0 Å². The van der Waals surface area contributed by atoms with Gasteiger partial charge in [-0.05, 0) is 31.2 Å². The molecule has 2 aromatic carbocycles. The van der Waals surface area contributed by atoms with Gasteiger partial charge >= 0.3 is 0 Å². The van der Waals surface area contributed by atoms with Crippen LogP contribution >= 0.6 is 11.6 Å². The highest BCUT2D eigenvalue weighted by atomic mass is 35.5. The summed E-state index contributed by atoms with van der Waals surface area (Å²) in [6.45, 7) is 2.07. The van der Waals surface area contributed by atoms with Crippen molar-refractivity contribution < 1.29 is 0 Å². The first-order valence-electron chi connectivity index (χ1n) is 5.44. The van der Waals surface area contributed by atoms with E-state index in [-0.39, 0.29) is 0 Å². The van der Waals surface area contributed by atoms with Gasteiger partial charge in [-0.2, -0.15) is 0 Å². The van der Waals surface area contributed by atoms with Crippen molar-refractivity contribution in [2.45, 2.75) is 6.92 Å². The third kappa shape index (κ3) is 2.37. The number of aryl methyl sites for hydroxylation is 1. The summed E-state index contributed by atoms with van der Waals surface area (Å²) in [6, 6.07) is 13.9. The third-order valence-corrected chi connectivity index (χ3v) is 3.14. The number of hydrogen-bond acceptors (Lipinski definition) is 2. The molecule has 0 spiro atoms. The predicted molar refractivity (Wildman–Crippen MR) is 75.1 cm³/mol. The molecule has 17 heavy (non-hydrogen) atoms. The van der Waals surface area contributed by atoms with Gasteiger partial charge in [-0.3, -0.25) is 0 Å². The summed E-state index contributed by atoms with van der Waals surface area (Å²) in [7, 11) is 1.98. The van der Waals surface area contributed by atoms with Crippen LogP contribution in [-0.2, 0) is 0 Å². The molecule has 0 bridgehead atoms. The Labute approximate surface area is 107 Å². The lowest BCUT2D eigenvalue weighted by Gasteiger charge is -2.21. The van der Waals surface area contributed by atoms with E-state index in [1.54, 1.807) is 6.07 Å². The molecule has 2 rings (SSSR count). The molecule has 0 aliphatic carbocycles. The Kier molecular flexibility index (Phi) is 3.25. The third-order valence-electron chi connectivity index (χ3n) is 2.81. The van der Waals surface area contributed by atoms with Crippen molar-refractivity contribution in [3.05, 3.63) is 53.1 Å². The molecule has 0 amide bonds. The van der Waals surface area contributed by atoms with Crippen LogP contribution in [0, 0.1) is 6.92 Å². The molecule has 88 valence electrons. The Morgan fingerprint density at radius 2 is 1.71 bits per heavy atom. The largest absolute Gasteiger partial charge is 0.396 e. The van der Waals surface area contributed by atoms with E-state index < -0.39 is 0 Å². The minimum absolute atomic E-state index is 0.585. The van der Waals surface area contributed by atoms with E-state index in [0.717, 1.165) is 11.4 Å². The van der Waals surface area contributed by atoms with E-state index in [1.165, 1.54) is 5.56 Å². The first kappa shape index (κ1) is 11.8. The van der Waals surface area contributed by atoms with Gasteiger partial charge in [-0.25, -0.2) is 0 Å². The van der Waals surface area contributed by atoms with E-state index in [0.29, 0.717) is 10.7 Å². The summed E-state index contributed by atoms with van der Waals surface area (Å²) >= 11 is 6.02. The van der Waals surface area contributed by atoms with Gasteiger partial charge in [0.1, 0.15) is 0 Å². The molecule has 0 saturated heterocycles. The van der Waals surface area contributed by atoms with Gasteiger partial charge in [0.15, 0.2) is 0 Å². The van der Waals surface area contributed by atoms with Gasteiger partial charge in [0, 0.05) is 12.7 Å². The van der Waals surface area contributed by atoms with Gasteiger partial charge in [-0.15, -0.1) is 0 Å². The van der Waals surface area contributed by atoms with E-state index in [4.69, 9.17) is 17.3 Å². The number of hydrogen-bond donors (Lipinski definition) is 1. The van der Waals surface area contributed by atoms with Crippen LogP contribution in [0.25, 0.3) is 0 Å². The molecule has 2 aromatic rings. The average Bonchev–Trinajstić information content (AvgIpc) is 2.33. The monoisotopic (exact) mass is 246 g/mol. The number of benzene rings is 2. The summed E-state index contributed by atoms with van der Waals surface area (Å²) in [6.07, 6.45) is 0. The van der Waals surface area contributed by atoms with Crippen LogP contribution in [0.4, 0.5) is 17.1 Å². The average molecular weight is 247 g/mol. The van der Waals surface area contributed by atoms with Crippen molar-refractivity contribution in [3.8, 4) is 0 Å². The van der Waals surface area contributed by atoms with Crippen molar-refractivity contribution in [2.75, 3.05) is 17.7 Å². The molecule has 0 saturated carbocycles. The zero-order valence-corrected chi connectivity index (χ0v) is 10.7. The molecular formula is C14H15ClN2. The maximum atomic E-state index is 6.02. The van der Waals surface area contributed by atoms with E-state index >= 15 is 0 Å². The topological polar surface area (TPSA) is 29.3 Å². The van der Waals surface area contributed by atoms with Gasteiger partial charge in [0.25, 0.3) is 0 Å². The minimum atomic E-state index is 0.585. The summed E-state index contributed by atoms with van der Waals surface area (Å²) in [5.74, 6) is 0. The molecule has 0 atom stereocenters. The predicted octanol–water partition coefficient (Wildman–Crippen LogP) is 4.00. The maximum absolute atomic E-state index is 6.02. The molecule has 0 aliphatic rings. The zero-order valence-electron chi connectivity index (χ0n) is 9.94. The minimum Gasteiger partial charge on any atom is -0.396 e.